The third kappa shape index (κ3) is 4.85. The Labute approximate surface area is 193 Å². The number of nitrogens with one attached hydrogen (secondary N) is 1. The number of fused-ring (bicyclic) bond motifs is 1. The number of ether oxygens (including phenoxy) is 2. The smallest absolute Gasteiger partial charge is 0.241 e. The summed E-state index contributed by atoms with van der Waals surface area (Å²) in [4.78, 5) is 2.31. The third-order valence-corrected chi connectivity index (χ3v) is 7.25. The van der Waals surface area contributed by atoms with Gasteiger partial charge in [-0.15, -0.1) is 0 Å². The van der Waals surface area contributed by atoms with E-state index in [0.29, 0.717) is 36.0 Å². The monoisotopic (exact) mass is 472 g/mol. The van der Waals surface area contributed by atoms with Crippen molar-refractivity contribution < 1.29 is 17.9 Å². The number of hydrogen-bond acceptors (Lipinski definition) is 5. The molecule has 1 unspecified atom stereocenters. The van der Waals surface area contributed by atoms with Crippen LogP contribution >= 0.6 is 11.6 Å². The van der Waals surface area contributed by atoms with Gasteiger partial charge in [0.15, 0.2) is 11.5 Å². The Morgan fingerprint density at radius 2 is 1.75 bits per heavy atom. The number of hydrogen-bond donors (Lipinski definition) is 1. The lowest BCUT2D eigenvalue weighted by Crippen LogP contribution is -2.48. The minimum atomic E-state index is -3.77. The van der Waals surface area contributed by atoms with Crippen molar-refractivity contribution in [2.24, 2.45) is 0 Å². The van der Waals surface area contributed by atoms with Crippen molar-refractivity contribution in [3.63, 3.8) is 0 Å². The maximum atomic E-state index is 13.2. The minimum Gasteiger partial charge on any atom is -0.493 e. The summed E-state index contributed by atoms with van der Waals surface area (Å²) in [5, 5.41) is 0.631. The van der Waals surface area contributed by atoms with Crippen LogP contribution in [0.2, 0.25) is 5.02 Å². The topological polar surface area (TPSA) is 67.9 Å². The van der Waals surface area contributed by atoms with Crippen molar-refractivity contribution in [3.8, 4) is 11.5 Å². The van der Waals surface area contributed by atoms with E-state index in [4.69, 9.17) is 21.1 Å². The zero-order chi connectivity index (χ0) is 22.7. The molecule has 3 aromatic rings. The van der Waals surface area contributed by atoms with Gasteiger partial charge in [0.25, 0.3) is 0 Å². The molecule has 1 heterocycles. The van der Waals surface area contributed by atoms with Gasteiger partial charge in [-0.1, -0.05) is 41.9 Å². The highest BCUT2D eigenvalue weighted by molar-refractivity contribution is 7.89. The Bertz CT molecular complexity index is 1200. The van der Waals surface area contributed by atoms with E-state index < -0.39 is 10.0 Å². The van der Waals surface area contributed by atoms with Crippen LogP contribution < -0.4 is 19.1 Å². The fourth-order valence-electron chi connectivity index (χ4n) is 4.02. The van der Waals surface area contributed by atoms with Gasteiger partial charge in [-0.3, -0.25) is 0 Å². The Kier molecular flexibility index (Phi) is 6.60. The first-order chi connectivity index (χ1) is 15.4. The number of rotatable bonds is 7. The van der Waals surface area contributed by atoms with Crippen molar-refractivity contribution in [2.45, 2.75) is 23.9 Å². The van der Waals surface area contributed by atoms with E-state index in [1.165, 1.54) is 26.4 Å². The molecule has 0 aromatic heterocycles. The number of sulfonamides is 1. The van der Waals surface area contributed by atoms with Crippen LogP contribution in [0.3, 0.4) is 0 Å². The standard InChI is InChI=1S/C24H25ClN2O4S/c1-30-23-11-9-21(14-24(23)31-2)32(28,29)26-20-13-18-12-19(25)8-10-22(18)27(16-20)15-17-6-4-3-5-7-17/h3-12,14,20,26H,13,15-16H2,1-2H3. The fraction of sp³-hybridized carbons (Fsp3) is 0.250. The summed E-state index contributed by atoms with van der Waals surface area (Å²) >= 11 is 6.24. The normalized spacial score (nSPS) is 15.8. The van der Waals surface area contributed by atoms with Crippen LogP contribution in [-0.4, -0.2) is 35.2 Å². The number of methoxy groups -OCH3 is 2. The first kappa shape index (κ1) is 22.5. The van der Waals surface area contributed by atoms with Crippen LogP contribution in [0.1, 0.15) is 11.1 Å². The van der Waals surface area contributed by atoms with Crippen LogP contribution in [0.4, 0.5) is 5.69 Å². The zero-order valence-electron chi connectivity index (χ0n) is 17.9. The summed E-state index contributed by atoms with van der Waals surface area (Å²) in [6.45, 7) is 1.21. The van der Waals surface area contributed by atoms with Crippen LogP contribution in [0.15, 0.2) is 71.6 Å². The summed E-state index contributed by atoms with van der Waals surface area (Å²) in [7, 11) is -0.784. The highest BCUT2D eigenvalue weighted by Crippen LogP contribution is 2.33. The Morgan fingerprint density at radius 1 is 1.00 bits per heavy atom. The van der Waals surface area contributed by atoms with Crippen molar-refractivity contribution >= 4 is 27.3 Å². The number of benzene rings is 3. The lowest BCUT2D eigenvalue weighted by atomic mass is 9.98. The van der Waals surface area contributed by atoms with E-state index in [9.17, 15) is 8.42 Å². The van der Waals surface area contributed by atoms with Crippen LogP contribution in [0, 0.1) is 0 Å². The minimum absolute atomic E-state index is 0.127. The van der Waals surface area contributed by atoms with Gasteiger partial charge in [-0.25, -0.2) is 13.1 Å². The number of nitrogens with zero attached hydrogens (tertiary/aromatic N) is 1. The summed E-state index contributed by atoms with van der Waals surface area (Å²) in [5.74, 6) is 0.837. The van der Waals surface area contributed by atoms with Gasteiger partial charge < -0.3 is 14.4 Å². The lowest BCUT2D eigenvalue weighted by molar-refractivity contribution is 0.354. The van der Waals surface area contributed by atoms with Gasteiger partial charge >= 0.3 is 0 Å². The van der Waals surface area contributed by atoms with E-state index >= 15 is 0 Å². The molecule has 0 saturated heterocycles. The van der Waals surface area contributed by atoms with Crippen molar-refractivity contribution in [3.05, 3.63) is 82.9 Å². The fourth-order valence-corrected chi connectivity index (χ4v) is 5.46. The quantitative estimate of drug-likeness (QED) is 0.556. The molecule has 0 radical (unpaired) electrons. The molecule has 0 saturated carbocycles. The van der Waals surface area contributed by atoms with Crippen molar-refractivity contribution in [1.29, 1.82) is 0 Å². The molecule has 0 amide bonds. The zero-order valence-corrected chi connectivity index (χ0v) is 19.5. The molecule has 32 heavy (non-hydrogen) atoms. The molecule has 3 aromatic carbocycles. The van der Waals surface area contributed by atoms with Gasteiger partial charge in [0, 0.05) is 35.9 Å². The second kappa shape index (κ2) is 9.40. The summed E-state index contributed by atoms with van der Waals surface area (Å²) in [6, 6.07) is 20.1. The average molecular weight is 473 g/mol. The van der Waals surface area contributed by atoms with Crippen LogP contribution in [0.5, 0.6) is 11.5 Å². The average Bonchev–Trinajstić information content (AvgIpc) is 2.78. The molecular weight excluding hydrogens is 448 g/mol. The highest BCUT2D eigenvalue weighted by atomic mass is 35.5. The van der Waals surface area contributed by atoms with E-state index in [-0.39, 0.29) is 10.9 Å². The molecule has 168 valence electrons. The van der Waals surface area contributed by atoms with Crippen LogP contribution in [-0.2, 0) is 23.0 Å². The second-order valence-electron chi connectivity index (χ2n) is 7.68. The molecule has 0 spiro atoms. The SMILES string of the molecule is COc1ccc(S(=O)(=O)NC2Cc3cc(Cl)ccc3N(Cc3ccccc3)C2)cc1OC. The lowest BCUT2D eigenvalue weighted by Gasteiger charge is -2.36. The van der Waals surface area contributed by atoms with Crippen LogP contribution in [0.25, 0.3) is 0 Å². The first-order valence-corrected chi connectivity index (χ1v) is 12.1. The molecule has 0 bridgehead atoms. The van der Waals surface area contributed by atoms with E-state index in [1.54, 1.807) is 6.07 Å². The predicted molar refractivity (Wildman–Crippen MR) is 126 cm³/mol. The highest BCUT2D eigenvalue weighted by Gasteiger charge is 2.29. The van der Waals surface area contributed by atoms with Crippen molar-refractivity contribution in [2.75, 3.05) is 25.7 Å². The van der Waals surface area contributed by atoms with E-state index in [0.717, 1.165) is 16.8 Å². The molecule has 1 atom stereocenters. The molecule has 6 nitrogen and oxygen atoms in total. The van der Waals surface area contributed by atoms with Gasteiger partial charge in [0.1, 0.15) is 0 Å². The molecule has 0 fully saturated rings. The molecule has 1 N–H and O–H groups in total. The second-order valence-corrected chi connectivity index (χ2v) is 9.83. The Hall–Kier alpha value is -2.74. The molecule has 8 heteroatoms. The van der Waals surface area contributed by atoms with E-state index in [2.05, 4.69) is 21.8 Å². The molecular formula is C24H25ClN2O4S. The first-order valence-electron chi connectivity index (χ1n) is 10.2. The largest absolute Gasteiger partial charge is 0.493 e. The van der Waals surface area contributed by atoms with Gasteiger partial charge in [0.05, 0.1) is 19.1 Å². The maximum absolute atomic E-state index is 13.2. The Morgan fingerprint density at radius 3 is 2.47 bits per heavy atom. The predicted octanol–water partition coefficient (Wildman–Crippen LogP) is 4.27. The van der Waals surface area contributed by atoms with Gasteiger partial charge in [-0.2, -0.15) is 0 Å². The number of anilines is 1. The molecule has 1 aliphatic rings. The summed E-state index contributed by atoms with van der Waals surface area (Å²) < 4.78 is 39.7. The third-order valence-electron chi connectivity index (χ3n) is 5.49. The summed E-state index contributed by atoms with van der Waals surface area (Å²) in [6.07, 6.45) is 0.549. The maximum Gasteiger partial charge on any atom is 0.241 e. The van der Waals surface area contributed by atoms with Crippen molar-refractivity contribution in [1.82, 2.24) is 4.72 Å². The number of halogens is 1. The summed E-state index contributed by atoms with van der Waals surface area (Å²) in [5.41, 5.74) is 3.23. The Balaban J connectivity index is 1.61. The van der Waals surface area contributed by atoms with E-state index in [1.807, 2.05) is 36.4 Å². The van der Waals surface area contributed by atoms with Gasteiger partial charge in [-0.05, 0) is 47.9 Å². The molecule has 4 rings (SSSR count). The molecule has 1 aliphatic heterocycles. The molecule has 0 aliphatic carbocycles. The van der Waals surface area contributed by atoms with Gasteiger partial charge in [0.2, 0.25) is 10.0 Å².